The summed E-state index contributed by atoms with van der Waals surface area (Å²) >= 11 is 9.61. The highest BCUT2D eigenvalue weighted by molar-refractivity contribution is 9.10. The van der Waals surface area contributed by atoms with E-state index < -0.39 is 9.84 Å². The summed E-state index contributed by atoms with van der Waals surface area (Å²) in [6, 6.07) is 14.1. The molecule has 0 aromatic heterocycles. The molecule has 0 N–H and O–H groups in total. The number of amides is 1. The van der Waals surface area contributed by atoms with Crippen molar-refractivity contribution in [1.29, 1.82) is 0 Å². The van der Waals surface area contributed by atoms with Gasteiger partial charge in [-0.1, -0.05) is 51.8 Å². The Kier molecular flexibility index (Phi) is 5.51. The predicted molar refractivity (Wildman–Crippen MR) is 103 cm³/mol. The maximum absolute atomic E-state index is 13.1. The molecule has 1 amide bonds. The number of carbonyl (C=O) groups is 1. The van der Waals surface area contributed by atoms with Crippen molar-refractivity contribution in [2.75, 3.05) is 11.5 Å². The van der Waals surface area contributed by atoms with Gasteiger partial charge in [-0.15, -0.1) is 0 Å². The Labute approximate surface area is 160 Å². The van der Waals surface area contributed by atoms with Crippen LogP contribution in [0.5, 0.6) is 0 Å². The summed E-state index contributed by atoms with van der Waals surface area (Å²) in [4.78, 5) is 14.7. The Bertz CT molecular complexity index is 901. The topological polar surface area (TPSA) is 54.5 Å². The molecule has 1 unspecified atom stereocenters. The van der Waals surface area contributed by atoms with E-state index in [4.69, 9.17) is 11.6 Å². The van der Waals surface area contributed by atoms with Crippen LogP contribution in [0.15, 0.2) is 53.0 Å². The molecule has 1 atom stereocenters. The Morgan fingerprint density at radius 3 is 2.60 bits per heavy atom. The summed E-state index contributed by atoms with van der Waals surface area (Å²) in [6.45, 7) is 0.337. The van der Waals surface area contributed by atoms with Crippen molar-refractivity contribution < 1.29 is 13.2 Å². The highest BCUT2D eigenvalue weighted by Gasteiger charge is 2.35. The maximum atomic E-state index is 13.1. The van der Waals surface area contributed by atoms with Gasteiger partial charge in [0, 0.05) is 17.1 Å². The van der Waals surface area contributed by atoms with Crippen molar-refractivity contribution in [1.82, 2.24) is 4.90 Å². The first-order chi connectivity index (χ1) is 11.9. The van der Waals surface area contributed by atoms with E-state index in [-0.39, 0.29) is 23.5 Å². The van der Waals surface area contributed by atoms with Gasteiger partial charge in [-0.3, -0.25) is 4.79 Å². The van der Waals surface area contributed by atoms with Crippen molar-refractivity contribution in [2.45, 2.75) is 19.0 Å². The van der Waals surface area contributed by atoms with Crippen molar-refractivity contribution in [3.63, 3.8) is 0 Å². The minimum atomic E-state index is -3.10. The lowest BCUT2D eigenvalue weighted by molar-refractivity contribution is 0.0681. The number of hydrogen-bond donors (Lipinski definition) is 0. The standard InChI is InChI=1S/C18H17BrClNO3S/c19-14-5-3-4-13(10-14)11-21(15-8-9-25(23,24)12-15)18(22)16-6-1-2-7-17(16)20/h1-7,10,15H,8-9,11-12H2. The van der Waals surface area contributed by atoms with Gasteiger partial charge in [0.05, 0.1) is 22.1 Å². The number of hydrogen-bond acceptors (Lipinski definition) is 3. The van der Waals surface area contributed by atoms with Gasteiger partial charge < -0.3 is 4.90 Å². The molecule has 0 saturated carbocycles. The normalized spacial score (nSPS) is 18.9. The van der Waals surface area contributed by atoms with Crippen LogP contribution in [-0.2, 0) is 16.4 Å². The Morgan fingerprint density at radius 2 is 1.96 bits per heavy atom. The Hall–Kier alpha value is -1.37. The minimum absolute atomic E-state index is 0.00278. The first-order valence-electron chi connectivity index (χ1n) is 7.86. The molecule has 25 heavy (non-hydrogen) atoms. The molecule has 4 nitrogen and oxygen atoms in total. The fourth-order valence-electron chi connectivity index (χ4n) is 3.01. The lowest BCUT2D eigenvalue weighted by Gasteiger charge is -2.29. The van der Waals surface area contributed by atoms with Gasteiger partial charge in [0.2, 0.25) is 0 Å². The van der Waals surface area contributed by atoms with Crippen LogP contribution >= 0.6 is 27.5 Å². The van der Waals surface area contributed by atoms with Gasteiger partial charge in [0.25, 0.3) is 5.91 Å². The van der Waals surface area contributed by atoms with E-state index in [1.807, 2.05) is 24.3 Å². The summed E-state index contributed by atoms with van der Waals surface area (Å²) in [5, 5.41) is 0.368. The van der Waals surface area contributed by atoms with Crippen LogP contribution in [0.25, 0.3) is 0 Å². The molecule has 0 bridgehead atoms. The van der Waals surface area contributed by atoms with E-state index in [0.717, 1.165) is 10.0 Å². The largest absolute Gasteiger partial charge is 0.330 e. The minimum Gasteiger partial charge on any atom is -0.330 e. The average molecular weight is 443 g/mol. The van der Waals surface area contributed by atoms with Crippen molar-refractivity contribution in [3.05, 3.63) is 69.2 Å². The molecule has 1 aliphatic heterocycles. The summed E-state index contributed by atoms with van der Waals surface area (Å²) in [5.74, 6) is -0.132. The van der Waals surface area contributed by atoms with Crippen molar-refractivity contribution in [2.24, 2.45) is 0 Å². The highest BCUT2D eigenvalue weighted by Crippen LogP contribution is 2.25. The fraction of sp³-hybridized carbons (Fsp3) is 0.278. The molecule has 1 saturated heterocycles. The van der Waals surface area contributed by atoms with Gasteiger partial charge in [-0.25, -0.2) is 8.42 Å². The highest BCUT2D eigenvalue weighted by atomic mass is 79.9. The average Bonchev–Trinajstić information content (AvgIpc) is 2.92. The smallest absolute Gasteiger partial charge is 0.255 e. The third kappa shape index (κ3) is 4.43. The molecule has 2 aromatic carbocycles. The monoisotopic (exact) mass is 441 g/mol. The SMILES string of the molecule is O=C(c1ccccc1Cl)N(Cc1cccc(Br)c1)C1CCS(=O)(=O)C1. The van der Waals surface area contributed by atoms with E-state index in [0.29, 0.717) is 23.6 Å². The second-order valence-corrected chi connectivity index (χ2v) is 9.65. The molecule has 1 fully saturated rings. The van der Waals surface area contributed by atoms with Crippen LogP contribution in [-0.4, -0.2) is 36.8 Å². The van der Waals surface area contributed by atoms with Crippen LogP contribution in [0.3, 0.4) is 0 Å². The van der Waals surface area contributed by atoms with E-state index in [1.54, 1.807) is 29.2 Å². The maximum Gasteiger partial charge on any atom is 0.255 e. The third-order valence-corrected chi connectivity index (χ3v) is 6.83. The van der Waals surface area contributed by atoms with Crippen LogP contribution in [0.4, 0.5) is 0 Å². The number of rotatable bonds is 4. The molecule has 0 aliphatic carbocycles. The molecule has 0 spiro atoms. The molecule has 0 radical (unpaired) electrons. The Morgan fingerprint density at radius 1 is 1.20 bits per heavy atom. The van der Waals surface area contributed by atoms with E-state index in [9.17, 15) is 13.2 Å². The summed E-state index contributed by atoms with van der Waals surface area (Å²) in [5.41, 5.74) is 1.32. The molecule has 132 valence electrons. The van der Waals surface area contributed by atoms with E-state index in [1.165, 1.54) is 0 Å². The lowest BCUT2D eigenvalue weighted by atomic mass is 10.1. The Balaban J connectivity index is 1.94. The number of nitrogens with zero attached hydrogens (tertiary/aromatic N) is 1. The number of carbonyl (C=O) groups excluding carboxylic acids is 1. The molecule has 1 aliphatic rings. The molecular formula is C18H17BrClNO3S. The van der Waals surface area contributed by atoms with Crippen LogP contribution in [0.1, 0.15) is 22.3 Å². The second-order valence-electron chi connectivity index (χ2n) is 6.10. The zero-order valence-electron chi connectivity index (χ0n) is 13.4. The zero-order chi connectivity index (χ0) is 18.0. The van der Waals surface area contributed by atoms with Crippen molar-refractivity contribution >= 4 is 43.3 Å². The van der Waals surface area contributed by atoms with Crippen LogP contribution in [0.2, 0.25) is 5.02 Å². The zero-order valence-corrected chi connectivity index (χ0v) is 16.5. The molecule has 3 rings (SSSR count). The first-order valence-corrected chi connectivity index (χ1v) is 10.9. The quantitative estimate of drug-likeness (QED) is 0.721. The fourth-order valence-corrected chi connectivity index (χ4v) is 5.40. The van der Waals surface area contributed by atoms with Gasteiger partial charge in [0.15, 0.2) is 9.84 Å². The van der Waals surface area contributed by atoms with Gasteiger partial charge in [0.1, 0.15) is 0 Å². The van der Waals surface area contributed by atoms with E-state index in [2.05, 4.69) is 15.9 Å². The summed E-state index contributed by atoms with van der Waals surface area (Å²) in [6.07, 6.45) is 0.451. The number of benzene rings is 2. The van der Waals surface area contributed by atoms with Crippen LogP contribution < -0.4 is 0 Å². The third-order valence-electron chi connectivity index (χ3n) is 4.26. The van der Waals surface area contributed by atoms with Crippen LogP contribution in [0, 0.1) is 0 Å². The molecular weight excluding hydrogens is 426 g/mol. The predicted octanol–water partition coefficient (Wildman–Crippen LogP) is 3.93. The van der Waals surface area contributed by atoms with Gasteiger partial charge >= 0.3 is 0 Å². The lowest BCUT2D eigenvalue weighted by Crippen LogP contribution is -2.40. The number of halogens is 2. The summed E-state index contributed by atoms with van der Waals surface area (Å²) in [7, 11) is -3.10. The van der Waals surface area contributed by atoms with Gasteiger partial charge in [-0.05, 0) is 36.2 Å². The first kappa shape index (κ1) is 18.4. The van der Waals surface area contributed by atoms with Crippen molar-refractivity contribution in [3.8, 4) is 0 Å². The van der Waals surface area contributed by atoms with Gasteiger partial charge in [-0.2, -0.15) is 0 Å². The summed E-state index contributed by atoms with van der Waals surface area (Å²) < 4.78 is 24.7. The molecule has 7 heteroatoms. The molecule has 1 heterocycles. The number of sulfone groups is 1. The molecule has 2 aromatic rings. The van der Waals surface area contributed by atoms with E-state index >= 15 is 0 Å². The second kappa shape index (κ2) is 7.48.